The van der Waals surface area contributed by atoms with Crippen LogP contribution in [-0.2, 0) is 4.79 Å². The van der Waals surface area contributed by atoms with Gasteiger partial charge >= 0.3 is 6.09 Å². The SMILES string of the molecule is N#Cc1c[nH]c2ncc(-c3ccc(NC(=O)CCNC(=O)O)cc3)cc12. The van der Waals surface area contributed by atoms with E-state index in [0.717, 1.165) is 16.5 Å². The zero-order valence-corrected chi connectivity index (χ0v) is 13.6. The number of nitrogens with one attached hydrogen (secondary N) is 3. The van der Waals surface area contributed by atoms with Gasteiger partial charge in [-0.25, -0.2) is 9.78 Å². The number of rotatable bonds is 5. The molecule has 2 amide bonds. The van der Waals surface area contributed by atoms with Gasteiger partial charge in [-0.1, -0.05) is 12.1 Å². The van der Waals surface area contributed by atoms with Crippen LogP contribution in [-0.4, -0.2) is 33.6 Å². The quantitative estimate of drug-likeness (QED) is 0.562. The molecule has 3 aromatic rings. The Hall–Kier alpha value is -3.86. The lowest BCUT2D eigenvalue weighted by Crippen LogP contribution is -2.25. The van der Waals surface area contributed by atoms with Crippen molar-refractivity contribution in [2.45, 2.75) is 6.42 Å². The van der Waals surface area contributed by atoms with Gasteiger partial charge in [-0.05, 0) is 23.8 Å². The maximum absolute atomic E-state index is 11.7. The summed E-state index contributed by atoms with van der Waals surface area (Å²) in [5.41, 5.74) is 3.56. The van der Waals surface area contributed by atoms with Crippen molar-refractivity contribution in [1.29, 1.82) is 5.26 Å². The second kappa shape index (κ2) is 7.36. The number of nitriles is 1. The monoisotopic (exact) mass is 349 g/mol. The normalized spacial score (nSPS) is 10.3. The maximum Gasteiger partial charge on any atom is 0.404 e. The summed E-state index contributed by atoms with van der Waals surface area (Å²) in [6.07, 6.45) is 2.23. The van der Waals surface area contributed by atoms with Crippen molar-refractivity contribution >= 4 is 28.7 Å². The number of pyridine rings is 1. The molecule has 130 valence electrons. The van der Waals surface area contributed by atoms with Crippen molar-refractivity contribution in [2.75, 3.05) is 11.9 Å². The molecule has 0 aliphatic carbocycles. The Balaban J connectivity index is 1.70. The number of nitrogens with zero attached hydrogens (tertiary/aromatic N) is 2. The van der Waals surface area contributed by atoms with E-state index in [1.807, 2.05) is 18.2 Å². The van der Waals surface area contributed by atoms with Crippen molar-refractivity contribution in [3.05, 3.63) is 48.3 Å². The van der Waals surface area contributed by atoms with E-state index in [9.17, 15) is 9.59 Å². The van der Waals surface area contributed by atoms with Gasteiger partial charge in [0.2, 0.25) is 5.91 Å². The number of carbonyl (C=O) groups excluding carboxylic acids is 1. The summed E-state index contributed by atoms with van der Waals surface area (Å²) in [6.45, 7) is 0.0584. The van der Waals surface area contributed by atoms with E-state index < -0.39 is 6.09 Å². The van der Waals surface area contributed by atoms with Crippen LogP contribution in [0, 0.1) is 11.3 Å². The van der Waals surface area contributed by atoms with Crippen LogP contribution >= 0.6 is 0 Å². The molecule has 0 unspecified atom stereocenters. The number of benzene rings is 1. The fraction of sp³-hybridized carbons (Fsp3) is 0.111. The molecule has 3 rings (SSSR count). The van der Waals surface area contributed by atoms with E-state index >= 15 is 0 Å². The Morgan fingerprint density at radius 2 is 2.00 bits per heavy atom. The minimum atomic E-state index is -1.16. The van der Waals surface area contributed by atoms with E-state index in [0.29, 0.717) is 16.9 Å². The first-order chi connectivity index (χ1) is 12.6. The van der Waals surface area contributed by atoms with Crippen molar-refractivity contribution in [1.82, 2.24) is 15.3 Å². The fourth-order valence-corrected chi connectivity index (χ4v) is 2.51. The molecule has 8 heteroatoms. The first-order valence-corrected chi connectivity index (χ1v) is 7.81. The second-order valence-electron chi connectivity index (χ2n) is 5.54. The van der Waals surface area contributed by atoms with E-state index in [1.54, 1.807) is 24.5 Å². The zero-order valence-electron chi connectivity index (χ0n) is 13.6. The van der Waals surface area contributed by atoms with Crippen LogP contribution < -0.4 is 10.6 Å². The molecular weight excluding hydrogens is 334 g/mol. The number of hydrogen-bond acceptors (Lipinski definition) is 4. The van der Waals surface area contributed by atoms with Crippen LogP contribution in [0.1, 0.15) is 12.0 Å². The van der Waals surface area contributed by atoms with Gasteiger partial charge in [0.15, 0.2) is 0 Å². The average molecular weight is 349 g/mol. The molecule has 1 aromatic carbocycles. The number of carboxylic acid groups (broad SMARTS) is 1. The van der Waals surface area contributed by atoms with Crippen LogP contribution in [0.25, 0.3) is 22.2 Å². The van der Waals surface area contributed by atoms with Crippen molar-refractivity contribution in [3.63, 3.8) is 0 Å². The number of hydrogen-bond donors (Lipinski definition) is 4. The summed E-state index contributed by atoms with van der Waals surface area (Å²) in [5, 5.41) is 23.2. The lowest BCUT2D eigenvalue weighted by Gasteiger charge is -2.07. The molecule has 8 nitrogen and oxygen atoms in total. The molecule has 0 fully saturated rings. The lowest BCUT2D eigenvalue weighted by molar-refractivity contribution is -0.116. The van der Waals surface area contributed by atoms with Gasteiger partial charge in [-0.15, -0.1) is 0 Å². The minimum absolute atomic E-state index is 0.0546. The zero-order chi connectivity index (χ0) is 18.5. The highest BCUT2D eigenvalue weighted by Crippen LogP contribution is 2.25. The highest BCUT2D eigenvalue weighted by atomic mass is 16.4. The number of anilines is 1. The molecule has 0 saturated heterocycles. The summed E-state index contributed by atoms with van der Waals surface area (Å²) in [6, 6.07) is 11.2. The molecule has 2 aromatic heterocycles. The van der Waals surface area contributed by atoms with E-state index in [4.69, 9.17) is 10.4 Å². The maximum atomic E-state index is 11.7. The van der Waals surface area contributed by atoms with E-state index in [2.05, 4.69) is 26.7 Å². The molecule has 0 atom stereocenters. The van der Waals surface area contributed by atoms with Gasteiger partial charge in [-0.2, -0.15) is 5.26 Å². The van der Waals surface area contributed by atoms with Crippen LogP contribution in [0.2, 0.25) is 0 Å². The molecule has 0 spiro atoms. The molecule has 0 bridgehead atoms. The number of amides is 2. The first kappa shape index (κ1) is 17.0. The van der Waals surface area contributed by atoms with E-state index in [1.165, 1.54) is 0 Å². The second-order valence-corrected chi connectivity index (χ2v) is 5.54. The third kappa shape index (κ3) is 3.79. The Morgan fingerprint density at radius 3 is 2.69 bits per heavy atom. The standard InChI is InChI=1S/C18H15N5O3/c19-8-13-10-22-17-15(13)7-12(9-21-17)11-1-3-14(4-2-11)23-16(24)5-6-20-18(25)26/h1-4,7,9-10,20H,5-6H2,(H,21,22)(H,23,24)(H,25,26). The van der Waals surface area contributed by atoms with Gasteiger partial charge in [0.05, 0.1) is 5.56 Å². The van der Waals surface area contributed by atoms with Gasteiger partial charge in [0.1, 0.15) is 11.7 Å². The Kier molecular flexibility index (Phi) is 4.80. The molecular formula is C18H15N5O3. The number of fused-ring (bicyclic) bond motifs is 1. The Morgan fingerprint density at radius 1 is 1.23 bits per heavy atom. The summed E-state index contributed by atoms with van der Waals surface area (Å²) in [4.78, 5) is 29.4. The minimum Gasteiger partial charge on any atom is -0.465 e. The number of carbonyl (C=O) groups is 2. The van der Waals surface area contributed by atoms with Gasteiger partial charge < -0.3 is 20.7 Å². The van der Waals surface area contributed by atoms with Gasteiger partial charge in [-0.3, -0.25) is 4.79 Å². The largest absolute Gasteiger partial charge is 0.465 e. The third-order valence-electron chi connectivity index (χ3n) is 3.78. The molecule has 4 N–H and O–H groups in total. The van der Waals surface area contributed by atoms with Crippen LogP contribution in [0.15, 0.2) is 42.7 Å². The predicted octanol–water partition coefficient (Wildman–Crippen LogP) is 2.70. The molecule has 0 aliphatic heterocycles. The average Bonchev–Trinajstić information content (AvgIpc) is 3.04. The third-order valence-corrected chi connectivity index (χ3v) is 3.78. The number of H-pyrrole nitrogens is 1. The highest BCUT2D eigenvalue weighted by Gasteiger charge is 2.08. The number of aromatic amines is 1. The smallest absolute Gasteiger partial charge is 0.404 e. The van der Waals surface area contributed by atoms with Crippen molar-refractivity contribution < 1.29 is 14.7 Å². The topological polar surface area (TPSA) is 131 Å². The predicted molar refractivity (Wildman–Crippen MR) is 95.5 cm³/mol. The summed E-state index contributed by atoms with van der Waals surface area (Å²) >= 11 is 0. The van der Waals surface area contributed by atoms with Crippen molar-refractivity contribution in [2.24, 2.45) is 0 Å². The molecule has 2 heterocycles. The summed E-state index contributed by atoms with van der Waals surface area (Å²) < 4.78 is 0. The molecule has 0 aliphatic rings. The van der Waals surface area contributed by atoms with Crippen molar-refractivity contribution in [3.8, 4) is 17.2 Å². The first-order valence-electron chi connectivity index (χ1n) is 7.81. The Bertz CT molecular complexity index is 1000. The Labute approximate surface area is 148 Å². The number of aromatic nitrogens is 2. The lowest BCUT2D eigenvalue weighted by atomic mass is 10.1. The highest BCUT2D eigenvalue weighted by molar-refractivity contribution is 5.91. The molecule has 0 saturated carbocycles. The molecule has 0 radical (unpaired) electrons. The fourth-order valence-electron chi connectivity index (χ4n) is 2.51. The molecule has 26 heavy (non-hydrogen) atoms. The van der Waals surface area contributed by atoms with Gasteiger partial charge in [0, 0.05) is 42.0 Å². The van der Waals surface area contributed by atoms with Crippen LogP contribution in [0.5, 0.6) is 0 Å². The van der Waals surface area contributed by atoms with Crippen LogP contribution in [0.4, 0.5) is 10.5 Å². The summed E-state index contributed by atoms with van der Waals surface area (Å²) in [7, 11) is 0. The van der Waals surface area contributed by atoms with E-state index in [-0.39, 0.29) is 18.9 Å². The van der Waals surface area contributed by atoms with Crippen LogP contribution in [0.3, 0.4) is 0 Å². The van der Waals surface area contributed by atoms with Gasteiger partial charge in [0.25, 0.3) is 0 Å². The summed E-state index contributed by atoms with van der Waals surface area (Å²) in [5.74, 6) is -0.277.